The van der Waals surface area contributed by atoms with Gasteiger partial charge < -0.3 is 39.2 Å². The topological polar surface area (TPSA) is 44.5 Å². The maximum atomic E-state index is 5.60. The molecule has 2 rings (SSSR count). The molecule has 2 aromatic carbocycles. The number of nitrogens with two attached hydrogens (primary N) is 1. The van der Waals surface area contributed by atoms with E-state index in [4.69, 9.17) is 15.2 Å². The first-order valence-electron chi connectivity index (χ1n) is 8.14. The second-order valence-electron chi connectivity index (χ2n) is 6.27. The van der Waals surface area contributed by atoms with Crippen molar-refractivity contribution in [1.29, 1.82) is 0 Å². The molecule has 0 aliphatic carbocycles. The smallest absolute Gasteiger partial charge is 1.00 e. The fraction of sp³-hybridized carbons (Fsp3) is 0.400. The molecule has 140 valence electrons. The first-order valence-corrected chi connectivity index (χ1v) is 9.22. The first kappa shape index (κ1) is 29.1. The third-order valence-electron chi connectivity index (χ3n) is 3.06. The molecule has 0 radical (unpaired) electrons. The largest absolute Gasteiger partial charge is 1.00 e. The average molecular weight is 607 g/mol. The van der Waals surface area contributed by atoms with Crippen molar-refractivity contribution in [3.05, 3.63) is 51.1 Å². The molecule has 0 saturated carbocycles. The van der Waals surface area contributed by atoms with Gasteiger partial charge >= 0.3 is 51.4 Å². The van der Waals surface area contributed by atoms with Crippen molar-refractivity contribution in [2.24, 2.45) is 0 Å². The van der Waals surface area contributed by atoms with Crippen LogP contribution in [0, 0.1) is 17.4 Å². The van der Waals surface area contributed by atoms with Crippen LogP contribution in [0.25, 0.3) is 0 Å². The first-order chi connectivity index (χ1) is 11.2. The van der Waals surface area contributed by atoms with Crippen LogP contribution in [0.1, 0.15) is 38.8 Å². The summed E-state index contributed by atoms with van der Waals surface area (Å²) in [6.07, 6.45) is 0.469. The van der Waals surface area contributed by atoms with Gasteiger partial charge in [0.25, 0.3) is 0 Å². The Morgan fingerprint density at radius 3 is 1.62 bits per heavy atom. The predicted octanol–water partition coefficient (Wildman–Crippen LogP) is -0.241. The van der Waals surface area contributed by atoms with Gasteiger partial charge in [-0.25, -0.2) is 0 Å². The monoisotopic (exact) mass is 607 g/mol. The summed E-state index contributed by atoms with van der Waals surface area (Å²) >= 11 is 2.30. The standard InChI is InChI=1S/C10H13IO.C10H15NO.HI.K/c2*1-7(2)12-10-5-4-9(11)6-8(10)3;;/h4-7H,1-3H3;4-7H,11H2,1-3H3;1H;/q;;;+1/p-1. The molecule has 0 saturated heterocycles. The van der Waals surface area contributed by atoms with E-state index < -0.39 is 0 Å². The molecule has 0 atom stereocenters. The average Bonchev–Trinajstić information content (AvgIpc) is 2.45. The Balaban J connectivity index is 0. The van der Waals surface area contributed by atoms with Crippen molar-refractivity contribution in [3.8, 4) is 11.5 Å². The van der Waals surface area contributed by atoms with Gasteiger partial charge in [0, 0.05) is 9.26 Å². The van der Waals surface area contributed by atoms with Gasteiger partial charge in [0.2, 0.25) is 0 Å². The molecule has 2 aromatic rings. The Morgan fingerprint density at radius 1 is 0.808 bits per heavy atom. The van der Waals surface area contributed by atoms with Crippen LogP contribution in [-0.2, 0) is 0 Å². The summed E-state index contributed by atoms with van der Waals surface area (Å²) in [6.45, 7) is 12.2. The number of nitrogen functional groups attached to an aromatic ring is 1. The molecular formula is C20H28I2KNO2. The van der Waals surface area contributed by atoms with E-state index in [1.807, 2.05) is 58.9 Å². The Kier molecular flexibility index (Phi) is 16.7. The van der Waals surface area contributed by atoms with Crippen LogP contribution >= 0.6 is 22.6 Å². The maximum Gasteiger partial charge on any atom is 1.00 e. The summed E-state index contributed by atoms with van der Waals surface area (Å²) in [7, 11) is 0. The maximum absolute atomic E-state index is 5.60. The fourth-order valence-corrected chi connectivity index (χ4v) is 2.70. The van der Waals surface area contributed by atoms with Crippen LogP contribution in [0.15, 0.2) is 36.4 Å². The molecule has 6 heteroatoms. The number of benzene rings is 2. The number of hydrogen-bond acceptors (Lipinski definition) is 3. The van der Waals surface area contributed by atoms with Gasteiger partial charge in [0.1, 0.15) is 11.5 Å². The van der Waals surface area contributed by atoms with Crippen LogP contribution in [0.3, 0.4) is 0 Å². The molecule has 0 aromatic heterocycles. The van der Waals surface area contributed by atoms with E-state index in [1.165, 1.54) is 9.13 Å². The van der Waals surface area contributed by atoms with Gasteiger partial charge in [-0.05, 0) is 112 Å². The third-order valence-corrected chi connectivity index (χ3v) is 3.73. The number of hydrogen-bond donors (Lipinski definition) is 1. The van der Waals surface area contributed by atoms with E-state index in [2.05, 4.69) is 41.6 Å². The van der Waals surface area contributed by atoms with Crippen LogP contribution < -0.4 is 90.6 Å². The molecule has 3 nitrogen and oxygen atoms in total. The molecule has 0 bridgehead atoms. The molecule has 0 amide bonds. The second-order valence-corrected chi connectivity index (χ2v) is 7.51. The van der Waals surface area contributed by atoms with Gasteiger partial charge in [0.05, 0.1) is 12.2 Å². The van der Waals surface area contributed by atoms with Crippen molar-refractivity contribution in [2.45, 2.75) is 53.8 Å². The third kappa shape index (κ3) is 11.7. The molecule has 0 aliphatic rings. The van der Waals surface area contributed by atoms with Crippen molar-refractivity contribution < 1.29 is 84.8 Å². The number of aryl methyl sites for hydroxylation is 2. The molecule has 0 fully saturated rings. The minimum Gasteiger partial charge on any atom is -1.00 e. The summed E-state index contributed by atoms with van der Waals surface area (Å²) in [6, 6.07) is 11.9. The van der Waals surface area contributed by atoms with Gasteiger partial charge in [-0.2, -0.15) is 0 Å². The Morgan fingerprint density at radius 2 is 1.23 bits per heavy atom. The van der Waals surface area contributed by atoms with E-state index in [9.17, 15) is 0 Å². The minimum atomic E-state index is 0. The van der Waals surface area contributed by atoms with Gasteiger partial charge in [-0.1, -0.05) is 0 Å². The van der Waals surface area contributed by atoms with E-state index in [-0.39, 0.29) is 87.6 Å². The molecule has 0 spiro atoms. The Labute approximate surface area is 231 Å². The summed E-state index contributed by atoms with van der Waals surface area (Å²) in [5.41, 5.74) is 8.67. The van der Waals surface area contributed by atoms with Gasteiger partial charge in [-0.3, -0.25) is 0 Å². The number of anilines is 1. The second kappa shape index (κ2) is 14.9. The van der Waals surface area contributed by atoms with E-state index in [0.717, 1.165) is 22.7 Å². The fourth-order valence-electron chi connectivity index (χ4n) is 2.06. The summed E-state index contributed by atoms with van der Waals surface area (Å²) < 4.78 is 12.4. The molecule has 0 aliphatic heterocycles. The summed E-state index contributed by atoms with van der Waals surface area (Å²) in [5, 5.41) is 0. The Hall–Kier alpha value is 0.936. The molecule has 26 heavy (non-hydrogen) atoms. The molecular weight excluding hydrogens is 579 g/mol. The zero-order valence-electron chi connectivity index (χ0n) is 16.8. The summed E-state index contributed by atoms with van der Waals surface area (Å²) in [4.78, 5) is 0. The minimum absolute atomic E-state index is 0. The Bertz CT molecular complexity index is 607. The molecule has 2 N–H and O–H groups in total. The van der Waals surface area contributed by atoms with Crippen LogP contribution in [-0.4, -0.2) is 12.2 Å². The SMILES string of the molecule is Cc1cc(I)ccc1OC(C)C.Cc1cc(N)ccc1OC(C)C.[I-].[K+]. The normalized spacial score (nSPS) is 9.58. The van der Waals surface area contributed by atoms with E-state index in [0.29, 0.717) is 0 Å². The molecule has 0 unspecified atom stereocenters. The van der Waals surface area contributed by atoms with Gasteiger partial charge in [-0.15, -0.1) is 0 Å². The molecule has 0 heterocycles. The van der Waals surface area contributed by atoms with E-state index in [1.54, 1.807) is 0 Å². The number of rotatable bonds is 4. The van der Waals surface area contributed by atoms with Crippen LogP contribution in [0.5, 0.6) is 11.5 Å². The van der Waals surface area contributed by atoms with E-state index >= 15 is 0 Å². The van der Waals surface area contributed by atoms with Crippen molar-refractivity contribution in [2.75, 3.05) is 5.73 Å². The zero-order valence-corrected chi connectivity index (χ0v) is 24.2. The predicted molar refractivity (Wildman–Crippen MR) is 111 cm³/mol. The van der Waals surface area contributed by atoms with Crippen LogP contribution in [0.2, 0.25) is 0 Å². The summed E-state index contributed by atoms with van der Waals surface area (Å²) in [5.74, 6) is 1.91. The van der Waals surface area contributed by atoms with Crippen molar-refractivity contribution >= 4 is 28.3 Å². The van der Waals surface area contributed by atoms with Gasteiger partial charge in [0.15, 0.2) is 0 Å². The zero-order chi connectivity index (χ0) is 18.3. The number of ether oxygens (including phenoxy) is 2. The van der Waals surface area contributed by atoms with Crippen LogP contribution in [0.4, 0.5) is 5.69 Å². The van der Waals surface area contributed by atoms with Crippen molar-refractivity contribution in [1.82, 2.24) is 0 Å². The number of halogens is 2. The quantitative estimate of drug-likeness (QED) is 0.297. The van der Waals surface area contributed by atoms with Crippen molar-refractivity contribution in [3.63, 3.8) is 0 Å².